The summed E-state index contributed by atoms with van der Waals surface area (Å²) in [6, 6.07) is 7.05. The van der Waals surface area contributed by atoms with Crippen LogP contribution >= 0.6 is 15.9 Å². The highest BCUT2D eigenvalue weighted by Crippen LogP contribution is 2.18. The zero-order valence-corrected chi connectivity index (χ0v) is 12.2. The molecule has 0 radical (unpaired) electrons. The average molecular weight is 316 g/mol. The molecule has 1 aromatic carbocycles. The topological polar surface area (TPSA) is 58.6 Å². The van der Waals surface area contributed by atoms with Crippen LogP contribution in [-0.2, 0) is 0 Å². The van der Waals surface area contributed by atoms with Crippen LogP contribution in [0, 0.1) is 0 Å². The van der Waals surface area contributed by atoms with Crippen molar-refractivity contribution in [3.8, 4) is 5.75 Å². The van der Waals surface area contributed by atoms with Crippen LogP contribution in [0.2, 0.25) is 0 Å². The number of carbonyl (C=O) groups is 1. The first-order valence-corrected chi connectivity index (χ1v) is 6.83. The minimum Gasteiger partial charge on any atom is -0.492 e. The maximum absolute atomic E-state index is 12.1. The summed E-state index contributed by atoms with van der Waals surface area (Å²) in [6.45, 7) is 3.89. The van der Waals surface area contributed by atoms with E-state index in [2.05, 4.69) is 21.2 Å². The number of rotatable bonds is 6. The zero-order valence-electron chi connectivity index (χ0n) is 10.6. The molecular weight excluding hydrogens is 298 g/mol. The van der Waals surface area contributed by atoms with E-state index in [4.69, 9.17) is 9.84 Å². The zero-order chi connectivity index (χ0) is 13.6. The Balaban J connectivity index is 2.85. The van der Waals surface area contributed by atoms with Crippen molar-refractivity contribution in [2.45, 2.75) is 19.4 Å². The Hall–Kier alpha value is -1.07. The van der Waals surface area contributed by atoms with Gasteiger partial charge in [0.25, 0.3) is 5.91 Å². The van der Waals surface area contributed by atoms with E-state index in [1.165, 1.54) is 0 Å². The molecule has 0 aromatic heterocycles. The molecule has 5 heteroatoms. The van der Waals surface area contributed by atoms with E-state index in [0.717, 1.165) is 0 Å². The third-order valence-corrected chi connectivity index (χ3v) is 2.64. The first kappa shape index (κ1) is 15.0. The number of hydrogen-bond donors (Lipinski definition) is 2. The Morgan fingerprint density at radius 2 is 2.11 bits per heavy atom. The molecule has 18 heavy (non-hydrogen) atoms. The predicted molar refractivity (Wildman–Crippen MR) is 74.4 cm³/mol. The molecule has 0 spiro atoms. The molecule has 100 valence electrons. The Bertz CT molecular complexity index is 407. The minimum absolute atomic E-state index is 0.122. The highest BCUT2D eigenvalue weighted by atomic mass is 79.9. The minimum atomic E-state index is -0.653. The normalized spacial score (nSPS) is 11.1. The Labute approximate surface area is 115 Å². The number of para-hydroxylation sites is 1. The van der Waals surface area contributed by atoms with Gasteiger partial charge in [-0.05, 0) is 26.0 Å². The van der Waals surface area contributed by atoms with Crippen LogP contribution in [-0.4, -0.2) is 35.1 Å². The van der Waals surface area contributed by atoms with Crippen molar-refractivity contribution in [3.05, 3.63) is 29.8 Å². The number of aliphatic hydroxyl groups excluding tert-OH is 1. The number of nitrogens with one attached hydrogen (secondary N) is 1. The number of benzene rings is 1. The second-order valence-electron chi connectivity index (χ2n) is 4.53. The van der Waals surface area contributed by atoms with Crippen LogP contribution in [0.5, 0.6) is 5.75 Å². The van der Waals surface area contributed by atoms with Gasteiger partial charge in [-0.3, -0.25) is 4.79 Å². The van der Waals surface area contributed by atoms with Gasteiger partial charge in [0, 0.05) is 5.33 Å². The van der Waals surface area contributed by atoms with E-state index in [1.807, 2.05) is 6.07 Å². The Morgan fingerprint density at radius 3 is 2.72 bits per heavy atom. The van der Waals surface area contributed by atoms with Crippen molar-refractivity contribution in [2.75, 3.05) is 18.5 Å². The van der Waals surface area contributed by atoms with Gasteiger partial charge in [-0.15, -0.1) is 0 Å². The van der Waals surface area contributed by atoms with Crippen molar-refractivity contribution in [3.63, 3.8) is 0 Å². The highest BCUT2D eigenvalue weighted by molar-refractivity contribution is 9.09. The third-order valence-electron chi connectivity index (χ3n) is 2.31. The lowest BCUT2D eigenvalue weighted by Crippen LogP contribution is -2.46. The summed E-state index contributed by atoms with van der Waals surface area (Å²) in [6.07, 6.45) is 0. The Kier molecular flexibility index (Phi) is 5.62. The SMILES string of the molecule is CC(C)(CO)NC(=O)c1ccccc1OCCBr. The van der Waals surface area contributed by atoms with Crippen LogP contribution in [0.25, 0.3) is 0 Å². The van der Waals surface area contributed by atoms with E-state index in [-0.39, 0.29) is 12.5 Å². The molecule has 0 bridgehead atoms. The van der Waals surface area contributed by atoms with Gasteiger partial charge in [0.05, 0.1) is 24.3 Å². The summed E-state index contributed by atoms with van der Waals surface area (Å²) < 4.78 is 5.49. The van der Waals surface area contributed by atoms with Gasteiger partial charge in [0.2, 0.25) is 0 Å². The van der Waals surface area contributed by atoms with Crippen LogP contribution < -0.4 is 10.1 Å². The van der Waals surface area contributed by atoms with Crippen LogP contribution in [0.3, 0.4) is 0 Å². The maximum atomic E-state index is 12.1. The molecule has 0 fully saturated rings. The van der Waals surface area contributed by atoms with Gasteiger partial charge in [0.15, 0.2) is 0 Å². The lowest BCUT2D eigenvalue weighted by molar-refractivity contribution is 0.0865. The lowest BCUT2D eigenvalue weighted by Gasteiger charge is -2.24. The molecule has 1 aromatic rings. The molecule has 0 atom stereocenters. The fraction of sp³-hybridized carbons (Fsp3) is 0.462. The molecular formula is C13H18BrNO3. The van der Waals surface area contributed by atoms with Crippen molar-refractivity contribution < 1.29 is 14.6 Å². The number of carbonyl (C=O) groups excluding carboxylic acids is 1. The lowest BCUT2D eigenvalue weighted by atomic mass is 10.1. The highest BCUT2D eigenvalue weighted by Gasteiger charge is 2.21. The summed E-state index contributed by atoms with van der Waals surface area (Å²) in [7, 11) is 0. The first-order chi connectivity index (χ1) is 8.50. The molecule has 0 aliphatic carbocycles. The molecule has 2 N–H and O–H groups in total. The van der Waals surface area contributed by atoms with Gasteiger partial charge in [0.1, 0.15) is 5.75 Å². The van der Waals surface area contributed by atoms with E-state index in [1.54, 1.807) is 32.0 Å². The molecule has 0 unspecified atom stereocenters. The Morgan fingerprint density at radius 1 is 1.44 bits per heavy atom. The second kappa shape index (κ2) is 6.75. The van der Waals surface area contributed by atoms with Gasteiger partial charge < -0.3 is 15.2 Å². The molecule has 1 rings (SSSR count). The predicted octanol–water partition coefficient (Wildman–Crippen LogP) is 1.96. The number of aliphatic hydroxyl groups is 1. The molecule has 1 amide bonds. The first-order valence-electron chi connectivity index (χ1n) is 5.71. The van der Waals surface area contributed by atoms with Gasteiger partial charge in [-0.2, -0.15) is 0 Å². The van der Waals surface area contributed by atoms with Crippen molar-refractivity contribution in [1.82, 2.24) is 5.32 Å². The average Bonchev–Trinajstić information content (AvgIpc) is 2.36. The maximum Gasteiger partial charge on any atom is 0.255 e. The monoisotopic (exact) mass is 315 g/mol. The van der Waals surface area contributed by atoms with Crippen LogP contribution in [0.15, 0.2) is 24.3 Å². The van der Waals surface area contributed by atoms with Gasteiger partial charge in [-0.1, -0.05) is 28.1 Å². The number of amides is 1. The van der Waals surface area contributed by atoms with Crippen molar-refractivity contribution in [1.29, 1.82) is 0 Å². The number of hydrogen-bond acceptors (Lipinski definition) is 3. The summed E-state index contributed by atoms with van der Waals surface area (Å²) >= 11 is 3.27. The van der Waals surface area contributed by atoms with Crippen molar-refractivity contribution >= 4 is 21.8 Å². The van der Waals surface area contributed by atoms with E-state index < -0.39 is 5.54 Å². The standard InChI is InChI=1S/C13H18BrNO3/c1-13(2,9-16)15-12(17)10-5-3-4-6-11(10)18-8-7-14/h3-6,16H,7-9H2,1-2H3,(H,15,17). The third kappa shape index (κ3) is 4.31. The van der Waals surface area contributed by atoms with Crippen molar-refractivity contribution in [2.24, 2.45) is 0 Å². The molecule has 4 nitrogen and oxygen atoms in total. The van der Waals surface area contributed by atoms with E-state index >= 15 is 0 Å². The van der Waals surface area contributed by atoms with Gasteiger partial charge in [-0.25, -0.2) is 0 Å². The summed E-state index contributed by atoms with van der Waals surface area (Å²) in [4.78, 5) is 12.1. The molecule has 0 saturated heterocycles. The van der Waals surface area contributed by atoms with E-state index in [0.29, 0.717) is 23.2 Å². The molecule has 0 aliphatic heterocycles. The summed E-state index contributed by atoms with van der Waals surface area (Å²) in [5.74, 6) is 0.294. The summed E-state index contributed by atoms with van der Waals surface area (Å²) in [5.41, 5.74) is -0.181. The summed E-state index contributed by atoms with van der Waals surface area (Å²) in [5, 5.41) is 12.6. The smallest absolute Gasteiger partial charge is 0.255 e. The molecule has 0 saturated carbocycles. The fourth-order valence-electron chi connectivity index (χ4n) is 1.34. The number of alkyl halides is 1. The number of halogens is 1. The fourth-order valence-corrected chi connectivity index (χ4v) is 1.50. The van der Waals surface area contributed by atoms with Gasteiger partial charge >= 0.3 is 0 Å². The largest absolute Gasteiger partial charge is 0.492 e. The molecule has 0 aliphatic rings. The molecule has 0 heterocycles. The number of ether oxygens (including phenoxy) is 1. The van der Waals surface area contributed by atoms with Crippen LogP contribution in [0.1, 0.15) is 24.2 Å². The second-order valence-corrected chi connectivity index (χ2v) is 5.32. The van der Waals surface area contributed by atoms with Crippen LogP contribution in [0.4, 0.5) is 0 Å². The van der Waals surface area contributed by atoms with E-state index in [9.17, 15) is 4.79 Å². The quantitative estimate of drug-likeness (QED) is 0.789.